The maximum atomic E-state index is 10.1. The summed E-state index contributed by atoms with van der Waals surface area (Å²) >= 11 is 5.51. The van der Waals surface area contributed by atoms with Gasteiger partial charge in [-0.15, -0.1) is 11.6 Å². The molecule has 0 aromatic heterocycles. The standard InChI is InChI=1S/C13H11ClO/c14-10-2-1-4-12-6-8-13(9-7-12)5-3-11-15/h3,5-9,11H,2,10H2/b5-3+. The Kier molecular flexibility index (Phi) is 5.29. The minimum Gasteiger partial charge on any atom is -0.299 e. The second-order valence-electron chi connectivity index (χ2n) is 2.86. The summed E-state index contributed by atoms with van der Waals surface area (Å²) in [4.78, 5) is 10.1. The maximum Gasteiger partial charge on any atom is 0.142 e. The Morgan fingerprint density at radius 2 is 2.00 bits per heavy atom. The zero-order valence-corrected chi connectivity index (χ0v) is 9.00. The molecule has 0 amide bonds. The van der Waals surface area contributed by atoms with Crippen molar-refractivity contribution in [2.24, 2.45) is 0 Å². The molecule has 0 saturated carbocycles. The van der Waals surface area contributed by atoms with Crippen LogP contribution in [0.25, 0.3) is 6.08 Å². The summed E-state index contributed by atoms with van der Waals surface area (Å²) in [5.74, 6) is 6.52. The van der Waals surface area contributed by atoms with Gasteiger partial charge in [-0.05, 0) is 23.8 Å². The molecule has 0 atom stereocenters. The minimum atomic E-state index is 0.563. The molecule has 0 radical (unpaired) electrons. The van der Waals surface area contributed by atoms with Gasteiger partial charge in [0.05, 0.1) is 0 Å². The van der Waals surface area contributed by atoms with Crippen molar-refractivity contribution < 1.29 is 4.79 Å². The number of carbonyl (C=O) groups excluding carboxylic acids is 1. The van der Waals surface area contributed by atoms with Gasteiger partial charge < -0.3 is 0 Å². The van der Waals surface area contributed by atoms with Crippen LogP contribution in [-0.4, -0.2) is 12.2 Å². The van der Waals surface area contributed by atoms with E-state index in [2.05, 4.69) is 11.8 Å². The van der Waals surface area contributed by atoms with Crippen LogP contribution >= 0.6 is 11.6 Å². The largest absolute Gasteiger partial charge is 0.299 e. The van der Waals surface area contributed by atoms with Gasteiger partial charge in [-0.25, -0.2) is 0 Å². The number of halogens is 1. The Labute approximate surface area is 94.8 Å². The first kappa shape index (κ1) is 11.6. The molecule has 2 heteroatoms. The van der Waals surface area contributed by atoms with E-state index in [0.29, 0.717) is 12.3 Å². The number of aldehydes is 1. The fraction of sp³-hybridized carbons (Fsp3) is 0.154. The molecule has 76 valence electrons. The molecular formula is C13H11ClO. The third-order valence-electron chi connectivity index (χ3n) is 1.73. The van der Waals surface area contributed by atoms with E-state index in [0.717, 1.165) is 17.4 Å². The highest BCUT2D eigenvalue weighted by molar-refractivity contribution is 6.18. The zero-order chi connectivity index (χ0) is 10.9. The van der Waals surface area contributed by atoms with Crippen molar-refractivity contribution >= 4 is 24.0 Å². The highest BCUT2D eigenvalue weighted by Gasteiger charge is 1.87. The van der Waals surface area contributed by atoms with Crippen molar-refractivity contribution in [1.29, 1.82) is 0 Å². The second-order valence-corrected chi connectivity index (χ2v) is 3.24. The lowest BCUT2D eigenvalue weighted by molar-refractivity contribution is -0.104. The zero-order valence-electron chi connectivity index (χ0n) is 8.24. The lowest BCUT2D eigenvalue weighted by Gasteiger charge is -1.92. The fourth-order valence-corrected chi connectivity index (χ4v) is 1.13. The lowest BCUT2D eigenvalue weighted by atomic mass is 10.1. The van der Waals surface area contributed by atoms with Gasteiger partial charge in [0.2, 0.25) is 0 Å². The van der Waals surface area contributed by atoms with E-state index >= 15 is 0 Å². The highest BCUT2D eigenvalue weighted by Crippen LogP contribution is 2.04. The number of benzene rings is 1. The van der Waals surface area contributed by atoms with Gasteiger partial charge in [0, 0.05) is 17.9 Å². The van der Waals surface area contributed by atoms with Crippen molar-refractivity contribution in [3.05, 3.63) is 41.5 Å². The molecule has 1 rings (SSSR count). The molecule has 1 aromatic rings. The number of allylic oxidation sites excluding steroid dienone is 1. The van der Waals surface area contributed by atoms with E-state index in [-0.39, 0.29) is 0 Å². The highest BCUT2D eigenvalue weighted by atomic mass is 35.5. The monoisotopic (exact) mass is 218 g/mol. The van der Waals surface area contributed by atoms with E-state index < -0.39 is 0 Å². The van der Waals surface area contributed by atoms with E-state index in [1.807, 2.05) is 24.3 Å². The van der Waals surface area contributed by atoms with Crippen LogP contribution in [0.3, 0.4) is 0 Å². The summed E-state index contributed by atoms with van der Waals surface area (Å²) in [6, 6.07) is 7.69. The molecule has 15 heavy (non-hydrogen) atoms. The molecule has 0 N–H and O–H groups in total. The van der Waals surface area contributed by atoms with E-state index in [1.165, 1.54) is 6.08 Å². The average Bonchev–Trinajstić information content (AvgIpc) is 2.28. The van der Waals surface area contributed by atoms with Crippen LogP contribution in [0, 0.1) is 11.8 Å². The summed E-state index contributed by atoms with van der Waals surface area (Å²) in [5.41, 5.74) is 1.95. The van der Waals surface area contributed by atoms with Gasteiger partial charge in [0.25, 0.3) is 0 Å². The van der Waals surface area contributed by atoms with Gasteiger partial charge in [-0.2, -0.15) is 0 Å². The molecule has 0 fully saturated rings. The van der Waals surface area contributed by atoms with Crippen molar-refractivity contribution in [2.45, 2.75) is 6.42 Å². The summed E-state index contributed by atoms with van der Waals surface area (Å²) in [7, 11) is 0. The molecule has 0 aliphatic heterocycles. The summed E-state index contributed by atoms with van der Waals surface area (Å²) in [5, 5.41) is 0. The first-order valence-electron chi connectivity index (χ1n) is 4.63. The SMILES string of the molecule is O=C/C=C/c1ccc(C#CCCCl)cc1. The molecule has 0 unspecified atom stereocenters. The molecule has 1 aromatic carbocycles. The number of hydrogen-bond donors (Lipinski definition) is 0. The quantitative estimate of drug-likeness (QED) is 0.330. The fourth-order valence-electron chi connectivity index (χ4n) is 1.04. The van der Waals surface area contributed by atoms with E-state index in [1.54, 1.807) is 6.08 Å². The number of rotatable bonds is 3. The predicted molar refractivity (Wildman–Crippen MR) is 63.8 cm³/mol. The number of alkyl halides is 1. The van der Waals surface area contributed by atoms with Crippen LogP contribution in [0.2, 0.25) is 0 Å². The Balaban J connectivity index is 2.69. The van der Waals surface area contributed by atoms with Gasteiger partial charge in [-0.1, -0.05) is 30.0 Å². The molecule has 0 bridgehead atoms. The van der Waals surface area contributed by atoms with E-state index in [9.17, 15) is 4.79 Å². The topological polar surface area (TPSA) is 17.1 Å². The van der Waals surface area contributed by atoms with Crippen molar-refractivity contribution in [3.63, 3.8) is 0 Å². The Morgan fingerprint density at radius 1 is 1.27 bits per heavy atom. The first-order chi connectivity index (χ1) is 7.36. The Hall–Kier alpha value is -1.52. The molecule has 0 heterocycles. The first-order valence-corrected chi connectivity index (χ1v) is 5.17. The van der Waals surface area contributed by atoms with Crippen LogP contribution in [0.1, 0.15) is 17.5 Å². The third kappa shape index (κ3) is 4.49. The maximum absolute atomic E-state index is 10.1. The van der Waals surface area contributed by atoms with Gasteiger partial charge >= 0.3 is 0 Å². The van der Waals surface area contributed by atoms with Gasteiger partial charge in [-0.3, -0.25) is 4.79 Å². The van der Waals surface area contributed by atoms with Crippen molar-refractivity contribution in [3.8, 4) is 11.8 Å². The summed E-state index contributed by atoms with van der Waals surface area (Å²) in [6.07, 6.45) is 4.68. The lowest BCUT2D eigenvalue weighted by Crippen LogP contribution is -1.76. The van der Waals surface area contributed by atoms with E-state index in [4.69, 9.17) is 11.6 Å². The van der Waals surface area contributed by atoms with Crippen LogP contribution < -0.4 is 0 Å². The van der Waals surface area contributed by atoms with Gasteiger partial charge in [0.15, 0.2) is 0 Å². The molecule has 0 saturated heterocycles. The second kappa shape index (κ2) is 6.86. The normalized spacial score (nSPS) is 9.67. The minimum absolute atomic E-state index is 0.563. The Bertz CT molecular complexity index is 393. The molecule has 0 spiro atoms. The smallest absolute Gasteiger partial charge is 0.142 e. The Morgan fingerprint density at radius 3 is 2.60 bits per heavy atom. The number of hydrogen-bond acceptors (Lipinski definition) is 1. The molecule has 0 aliphatic rings. The molecule has 1 nitrogen and oxygen atoms in total. The van der Waals surface area contributed by atoms with Crippen LogP contribution in [0.4, 0.5) is 0 Å². The van der Waals surface area contributed by atoms with Crippen molar-refractivity contribution in [2.75, 3.05) is 5.88 Å². The van der Waals surface area contributed by atoms with Crippen LogP contribution in [0.15, 0.2) is 30.3 Å². The molecule has 0 aliphatic carbocycles. The van der Waals surface area contributed by atoms with Crippen molar-refractivity contribution in [1.82, 2.24) is 0 Å². The third-order valence-corrected chi connectivity index (χ3v) is 1.92. The molecular weight excluding hydrogens is 208 g/mol. The number of carbonyl (C=O) groups is 1. The average molecular weight is 219 g/mol. The summed E-state index contributed by atoms with van der Waals surface area (Å²) in [6.45, 7) is 0. The summed E-state index contributed by atoms with van der Waals surface area (Å²) < 4.78 is 0. The predicted octanol–water partition coefficient (Wildman–Crippen LogP) is 2.88. The van der Waals surface area contributed by atoms with Crippen LogP contribution in [0.5, 0.6) is 0 Å². The van der Waals surface area contributed by atoms with Crippen LogP contribution in [-0.2, 0) is 4.79 Å². The van der Waals surface area contributed by atoms with Gasteiger partial charge in [0.1, 0.15) is 6.29 Å².